The summed E-state index contributed by atoms with van der Waals surface area (Å²) in [6.07, 6.45) is -40.8. The fraction of sp³-hybridized carbons (Fsp3) is 0.230. The largest absolute Gasteiger partial charge is 0.475 e. The van der Waals surface area contributed by atoms with Gasteiger partial charge in [0.15, 0.2) is 0 Å². The van der Waals surface area contributed by atoms with Crippen molar-refractivity contribution in [3.8, 4) is 0 Å². The predicted molar refractivity (Wildman–Crippen MR) is 288 cm³/mol. The number of ether oxygens (including phenoxy) is 1. The van der Waals surface area contributed by atoms with Crippen LogP contribution in [0.1, 0.15) is 75.8 Å². The molecule has 1 heterocycles. The standard InChI is InChI=1S/C32H12BF24.C21H18NOP.C8H12.Ir/c34-25(35,36)13-1-14(26(37,38)39)6-21(5-13)33(22-7-15(27(40,41)42)2-16(8-22)28(43,44)45,23-9-17(29(46,47)48)3-18(10-23)30(49,50)51)24-11-19(31(52,53)54)4-20(12-24)32(55,56)57;1-3-9-17(10-4-1)24(18-11-5-2-6-12-18)20-14-8-7-13-19(20)21-22-15-16-23-21;1-2-4-6-8-7-5-3-1;/h1-12H;1-14H,15-16H2;1-2,7-8H,3-6H2;/q-1;;;. The van der Waals surface area contributed by atoms with E-state index in [0.717, 1.165) is 18.0 Å². The van der Waals surface area contributed by atoms with Crippen LogP contribution in [0.4, 0.5) is 105 Å². The molecule has 1 fully saturated rings. The van der Waals surface area contributed by atoms with Crippen LogP contribution in [0.15, 0.2) is 163 Å². The Hall–Kier alpha value is -6.53. The number of nitrogens with zero attached hydrogens (tertiary/aromatic N) is 1. The van der Waals surface area contributed by atoms with Crippen LogP contribution in [-0.4, -0.2) is 25.2 Å². The molecule has 0 aromatic heterocycles. The summed E-state index contributed by atoms with van der Waals surface area (Å²) in [5, 5.41) is 3.97. The normalized spacial score (nSPS) is 14.8. The van der Waals surface area contributed by atoms with Crippen molar-refractivity contribution in [3.05, 3.63) is 233 Å². The Morgan fingerprint density at radius 2 is 0.567 bits per heavy atom. The van der Waals surface area contributed by atoms with E-state index in [4.69, 9.17) is 4.74 Å². The van der Waals surface area contributed by atoms with Gasteiger partial charge in [0.05, 0.1) is 51.1 Å². The number of halogens is 24. The van der Waals surface area contributed by atoms with E-state index in [0.29, 0.717) is 6.61 Å². The third kappa shape index (κ3) is 17.9. The van der Waals surface area contributed by atoms with Gasteiger partial charge >= 0.3 is 49.4 Å². The van der Waals surface area contributed by atoms with Crippen molar-refractivity contribution in [2.75, 3.05) is 13.2 Å². The van der Waals surface area contributed by atoms with E-state index in [9.17, 15) is 105 Å². The van der Waals surface area contributed by atoms with Gasteiger partial charge in [0, 0.05) is 25.7 Å². The molecule has 0 saturated heterocycles. The molecule has 0 bridgehead atoms. The van der Waals surface area contributed by atoms with Crippen LogP contribution >= 0.6 is 7.92 Å². The first-order chi connectivity index (χ1) is 41.2. The summed E-state index contributed by atoms with van der Waals surface area (Å²) < 4.78 is 347. The van der Waals surface area contributed by atoms with Crippen molar-refractivity contribution < 1.29 is 130 Å². The zero-order valence-electron chi connectivity index (χ0n) is 45.3. The molecule has 7 aromatic carbocycles. The van der Waals surface area contributed by atoms with Crippen molar-refractivity contribution in [3.63, 3.8) is 0 Å². The first-order valence-electron chi connectivity index (χ1n) is 26.0. The smallest absolute Gasteiger partial charge is 0.416 e. The molecule has 1 saturated carbocycles. The SMILES string of the molecule is FC(F)(F)c1cc([B-](c2cc(C(F)(F)F)cc(C(F)(F)F)c2)(c2cc(C(F)(F)F)cc(C(F)(F)F)c2)c2cc(C(F)(F)F)cc(C(F)(F)F)c2)cc(C(F)(F)F)c1.[CH]1[CH]CC[CH][CH]CC1.[Ir].c1ccc(P(c2ccccc2)c2ccccc2C2=NCCO2)cc1. The summed E-state index contributed by atoms with van der Waals surface area (Å²) in [6, 6.07) is 21.1. The van der Waals surface area contributed by atoms with E-state index < -0.39 is 203 Å². The summed E-state index contributed by atoms with van der Waals surface area (Å²) in [7, 11) is -0.644. The van der Waals surface area contributed by atoms with Gasteiger partial charge in [0.25, 0.3) is 0 Å². The molecule has 0 atom stereocenters. The van der Waals surface area contributed by atoms with Crippen LogP contribution in [0.2, 0.25) is 0 Å². The second kappa shape index (κ2) is 28.1. The predicted octanol–water partition coefficient (Wildman–Crippen LogP) is 16.8. The van der Waals surface area contributed by atoms with Gasteiger partial charge in [-0.05, 0) is 106 Å². The van der Waals surface area contributed by atoms with E-state index in [1.165, 1.54) is 41.6 Å². The zero-order valence-corrected chi connectivity index (χ0v) is 48.6. The van der Waals surface area contributed by atoms with Gasteiger partial charge in [-0.2, -0.15) is 127 Å². The minimum absolute atomic E-state index is 0. The quantitative estimate of drug-likeness (QED) is 0.0844. The molecule has 29 heteroatoms. The van der Waals surface area contributed by atoms with Crippen molar-refractivity contribution in [2.24, 2.45) is 4.99 Å². The first-order valence-corrected chi connectivity index (χ1v) is 27.4. The van der Waals surface area contributed by atoms with Gasteiger partial charge in [0.2, 0.25) is 5.90 Å². The molecule has 0 spiro atoms. The van der Waals surface area contributed by atoms with Gasteiger partial charge in [-0.15, -0.1) is 0 Å². The average molecular weight is 1490 g/mol. The van der Waals surface area contributed by atoms with Gasteiger partial charge in [-0.25, -0.2) is 4.99 Å². The summed E-state index contributed by atoms with van der Waals surface area (Å²) >= 11 is 0. The maximum absolute atomic E-state index is 14.2. The molecule has 0 amide bonds. The molecule has 1 aliphatic heterocycles. The van der Waals surface area contributed by atoms with Crippen molar-refractivity contribution in [1.29, 1.82) is 0 Å². The third-order valence-electron chi connectivity index (χ3n) is 13.8. The molecule has 2 aliphatic rings. The first kappa shape index (κ1) is 72.5. The van der Waals surface area contributed by atoms with E-state index in [1.54, 1.807) is 0 Å². The summed E-state index contributed by atoms with van der Waals surface area (Å²) in [5.41, 5.74) is -29.1. The summed E-state index contributed by atoms with van der Waals surface area (Å²) in [5.74, 6) is 0.782. The zero-order chi connectivity index (χ0) is 65.8. The van der Waals surface area contributed by atoms with E-state index in [2.05, 4.69) is 116 Å². The molecule has 5 radical (unpaired) electrons. The molecule has 1 aliphatic carbocycles. The minimum Gasteiger partial charge on any atom is -0.475 e. The Kier molecular flexibility index (Phi) is 22.7. The molecule has 0 N–H and O–H groups in total. The van der Waals surface area contributed by atoms with E-state index in [-0.39, 0.29) is 20.1 Å². The molecule has 90 heavy (non-hydrogen) atoms. The monoisotopic (exact) mass is 1500 g/mol. The van der Waals surface area contributed by atoms with E-state index >= 15 is 0 Å². The Bertz CT molecular complexity index is 3070. The second-order valence-corrected chi connectivity index (χ2v) is 22.1. The Balaban J connectivity index is 0.000000316. The molecule has 483 valence electrons. The Morgan fingerprint density at radius 1 is 0.322 bits per heavy atom. The molecule has 0 unspecified atom stereocenters. The van der Waals surface area contributed by atoms with E-state index in [1.807, 2.05) is 0 Å². The van der Waals surface area contributed by atoms with Crippen molar-refractivity contribution >= 4 is 57.7 Å². The summed E-state index contributed by atoms with van der Waals surface area (Å²) in [6.45, 7) is 1.43. The van der Waals surface area contributed by atoms with Crippen molar-refractivity contribution in [1.82, 2.24) is 0 Å². The van der Waals surface area contributed by atoms with Crippen LogP contribution in [0.25, 0.3) is 0 Å². The number of rotatable bonds is 8. The van der Waals surface area contributed by atoms with Crippen LogP contribution in [-0.2, 0) is 74.3 Å². The number of hydrogen-bond donors (Lipinski definition) is 0. The van der Waals surface area contributed by atoms with Crippen LogP contribution in [0.3, 0.4) is 0 Å². The summed E-state index contributed by atoms with van der Waals surface area (Å²) in [4.78, 5) is 4.54. The number of benzene rings is 7. The van der Waals surface area contributed by atoms with Gasteiger partial charge in [-0.1, -0.05) is 127 Å². The molecular weight excluding hydrogens is 1450 g/mol. The van der Waals surface area contributed by atoms with Crippen LogP contribution < -0.4 is 37.8 Å². The number of aliphatic imine (C=N–C) groups is 1. The maximum atomic E-state index is 14.2. The van der Waals surface area contributed by atoms with Gasteiger partial charge in [-0.3, -0.25) is 0 Å². The van der Waals surface area contributed by atoms with Gasteiger partial charge < -0.3 is 4.74 Å². The fourth-order valence-corrected chi connectivity index (χ4v) is 12.3. The number of hydrogen-bond acceptors (Lipinski definition) is 2. The van der Waals surface area contributed by atoms with Crippen LogP contribution in [0.5, 0.6) is 0 Å². The topological polar surface area (TPSA) is 21.6 Å². The van der Waals surface area contributed by atoms with Crippen LogP contribution in [0, 0.1) is 25.7 Å². The Labute approximate surface area is 512 Å². The molecule has 2 nitrogen and oxygen atoms in total. The number of alkyl halides is 24. The van der Waals surface area contributed by atoms with Gasteiger partial charge in [0.1, 0.15) is 12.8 Å². The average Bonchev–Trinajstić information content (AvgIpc) is 0.741. The van der Waals surface area contributed by atoms with Crippen molar-refractivity contribution in [2.45, 2.75) is 75.1 Å². The third-order valence-corrected chi connectivity index (χ3v) is 16.3. The second-order valence-electron chi connectivity index (χ2n) is 19.9. The molecule has 9 rings (SSSR count). The Morgan fingerprint density at radius 3 is 0.800 bits per heavy atom. The molecular formula is C61H42BF24IrNOP-. The molecule has 7 aromatic rings. The maximum Gasteiger partial charge on any atom is 0.416 e. The minimum atomic E-state index is -6.13. The fourth-order valence-electron chi connectivity index (χ4n) is 9.86.